The van der Waals surface area contributed by atoms with Crippen LogP contribution < -0.4 is 5.32 Å². The van der Waals surface area contributed by atoms with Gasteiger partial charge in [0.05, 0.1) is 13.2 Å². The number of benzene rings is 2. The first-order chi connectivity index (χ1) is 12.3. The second-order valence-electron chi connectivity index (χ2n) is 6.10. The third-order valence-corrected chi connectivity index (χ3v) is 4.28. The van der Waals surface area contributed by atoms with Crippen molar-refractivity contribution in [2.24, 2.45) is 0 Å². The van der Waals surface area contributed by atoms with Crippen LogP contribution in [0, 0.1) is 0 Å². The topological polar surface area (TPSA) is 50.8 Å². The molecule has 0 aliphatic carbocycles. The molecule has 0 radical (unpaired) electrons. The summed E-state index contributed by atoms with van der Waals surface area (Å²) < 4.78 is 10.8. The first-order valence-corrected chi connectivity index (χ1v) is 8.54. The number of nitrogens with zero attached hydrogens (tertiary/aromatic N) is 1. The van der Waals surface area contributed by atoms with Gasteiger partial charge in [0.25, 0.3) is 5.91 Å². The van der Waals surface area contributed by atoms with Gasteiger partial charge in [-0.25, -0.2) is 0 Å². The van der Waals surface area contributed by atoms with Crippen molar-refractivity contribution < 1.29 is 14.3 Å². The molecule has 0 unspecified atom stereocenters. The molecule has 3 rings (SSSR count). The van der Waals surface area contributed by atoms with Gasteiger partial charge in [-0.1, -0.05) is 42.5 Å². The molecule has 2 aromatic rings. The normalized spacial score (nSPS) is 16.4. The summed E-state index contributed by atoms with van der Waals surface area (Å²) in [7, 11) is 1.55. The fourth-order valence-electron chi connectivity index (χ4n) is 3.00. The van der Waals surface area contributed by atoms with Crippen molar-refractivity contribution in [2.45, 2.75) is 12.6 Å². The Bertz CT molecular complexity index is 684. The van der Waals surface area contributed by atoms with Crippen LogP contribution in [0.25, 0.3) is 0 Å². The first-order valence-electron chi connectivity index (χ1n) is 8.54. The van der Waals surface area contributed by atoms with Crippen LogP contribution in [0.4, 0.5) is 5.69 Å². The molecule has 0 saturated carbocycles. The van der Waals surface area contributed by atoms with Gasteiger partial charge in [-0.05, 0) is 23.3 Å². The lowest BCUT2D eigenvalue weighted by Gasteiger charge is -2.26. The van der Waals surface area contributed by atoms with E-state index in [0.29, 0.717) is 0 Å². The van der Waals surface area contributed by atoms with E-state index >= 15 is 0 Å². The lowest BCUT2D eigenvalue weighted by molar-refractivity contribution is -0.126. The zero-order valence-corrected chi connectivity index (χ0v) is 14.5. The van der Waals surface area contributed by atoms with E-state index in [1.54, 1.807) is 7.11 Å². The van der Waals surface area contributed by atoms with Gasteiger partial charge < -0.3 is 14.8 Å². The van der Waals surface area contributed by atoms with Crippen LogP contribution in [0.15, 0.2) is 54.6 Å². The highest BCUT2D eigenvalue weighted by Gasteiger charge is 2.20. The maximum Gasteiger partial charge on any atom is 0.258 e. The van der Waals surface area contributed by atoms with Gasteiger partial charge in [-0.2, -0.15) is 0 Å². The Labute approximate surface area is 148 Å². The molecule has 1 fully saturated rings. The van der Waals surface area contributed by atoms with Gasteiger partial charge in [0.1, 0.15) is 0 Å². The number of ether oxygens (including phenoxy) is 2. The van der Waals surface area contributed by atoms with Crippen molar-refractivity contribution in [1.29, 1.82) is 0 Å². The molecule has 5 heteroatoms. The monoisotopic (exact) mass is 340 g/mol. The number of amides is 1. The van der Waals surface area contributed by atoms with E-state index in [2.05, 4.69) is 16.3 Å². The van der Waals surface area contributed by atoms with E-state index in [-0.39, 0.29) is 5.91 Å². The molecule has 1 heterocycles. The number of carbonyl (C=O) groups excluding carboxylic acids is 1. The SMILES string of the molecule is CO[C@H](C(=O)Nc1cccc(CN2CCOCC2)c1)c1ccccc1. The van der Waals surface area contributed by atoms with Crippen molar-refractivity contribution in [2.75, 3.05) is 38.7 Å². The average molecular weight is 340 g/mol. The fourth-order valence-corrected chi connectivity index (χ4v) is 3.00. The van der Waals surface area contributed by atoms with Crippen LogP contribution >= 0.6 is 0 Å². The third kappa shape index (κ3) is 4.89. The number of methoxy groups -OCH3 is 1. The van der Waals surface area contributed by atoms with Crippen LogP contribution in [0.5, 0.6) is 0 Å². The fraction of sp³-hybridized carbons (Fsp3) is 0.350. The van der Waals surface area contributed by atoms with E-state index in [1.807, 2.05) is 48.5 Å². The highest BCUT2D eigenvalue weighted by molar-refractivity contribution is 5.94. The zero-order chi connectivity index (χ0) is 17.5. The summed E-state index contributed by atoms with van der Waals surface area (Å²) in [6.45, 7) is 4.30. The van der Waals surface area contributed by atoms with Crippen LogP contribution in [0.1, 0.15) is 17.2 Å². The summed E-state index contributed by atoms with van der Waals surface area (Å²) in [6.07, 6.45) is -0.621. The quantitative estimate of drug-likeness (QED) is 0.878. The Morgan fingerprint density at radius 3 is 2.64 bits per heavy atom. The molecule has 0 bridgehead atoms. The molecule has 5 nitrogen and oxygen atoms in total. The predicted molar refractivity (Wildman–Crippen MR) is 97.4 cm³/mol. The molecule has 1 aliphatic rings. The van der Waals surface area contributed by atoms with Gasteiger partial charge in [0.2, 0.25) is 0 Å². The van der Waals surface area contributed by atoms with Crippen molar-refractivity contribution in [3.05, 3.63) is 65.7 Å². The summed E-state index contributed by atoms with van der Waals surface area (Å²) in [5, 5.41) is 2.96. The Hall–Kier alpha value is -2.21. The maximum absolute atomic E-state index is 12.6. The highest BCUT2D eigenvalue weighted by atomic mass is 16.5. The van der Waals surface area contributed by atoms with Crippen LogP contribution in [-0.4, -0.2) is 44.2 Å². The van der Waals surface area contributed by atoms with Crippen molar-refractivity contribution >= 4 is 11.6 Å². The Kier molecular flexibility index (Phi) is 6.17. The third-order valence-electron chi connectivity index (χ3n) is 4.28. The summed E-state index contributed by atoms with van der Waals surface area (Å²) in [6, 6.07) is 17.5. The van der Waals surface area contributed by atoms with Crippen LogP contribution in [0.3, 0.4) is 0 Å². The van der Waals surface area contributed by atoms with E-state index < -0.39 is 6.10 Å². The minimum Gasteiger partial charge on any atom is -0.379 e. The average Bonchev–Trinajstić information content (AvgIpc) is 2.64. The summed E-state index contributed by atoms with van der Waals surface area (Å²) in [5.74, 6) is -0.169. The molecule has 0 aromatic heterocycles. The molecular formula is C20H24N2O3. The summed E-state index contributed by atoms with van der Waals surface area (Å²) in [4.78, 5) is 14.9. The molecule has 1 N–H and O–H groups in total. The number of morpholine rings is 1. The number of anilines is 1. The minimum atomic E-state index is -0.621. The van der Waals surface area contributed by atoms with Gasteiger partial charge >= 0.3 is 0 Å². The minimum absolute atomic E-state index is 0.169. The lowest BCUT2D eigenvalue weighted by Crippen LogP contribution is -2.35. The van der Waals surface area contributed by atoms with Gasteiger partial charge in [0.15, 0.2) is 6.10 Å². The number of carbonyl (C=O) groups is 1. The van der Waals surface area contributed by atoms with E-state index in [0.717, 1.165) is 44.1 Å². The second-order valence-corrected chi connectivity index (χ2v) is 6.10. The first kappa shape index (κ1) is 17.6. The van der Waals surface area contributed by atoms with Gasteiger partial charge in [0, 0.05) is 32.4 Å². The lowest BCUT2D eigenvalue weighted by atomic mass is 10.1. The molecule has 2 aromatic carbocycles. The molecular weight excluding hydrogens is 316 g/mol. The van der Waals surface area contributed by atoms with Gasteiger partial charge in [-0.15, -0.1) is 0 Å². The zero-order valence-electron chi connectivity index (χ0n) is 14.5. The van der Waals surface area contributed by atoms with Crippen molar-refractivity contribution in [3.63, 3.8) is 0 Å². The molecule has 132 valence electrons. The molecule has 1 atom stereocenters. The number of hydrogen-bond donors (Lipinski definition) is 1. The van der Waals surface area contributed by atoms with Crippen molar-refractivity contribution in [3.8, 4) is 0 Å². The Balaban J connectivity index is 1.65. The Morgan fingerprint density at radius 2 is 1.92 bits per heavy atom. The number of nitrogens with one attached hydrogen (secondary N) is 1. The van der Waals surface area contributed by atoms with E-state index in [1.165, 1.54) is 5.56 Å². The number of rotatable bonds is 6. The molecule has 0 spiro atoms. The maximum atomic E-state index is 12.6. The van der Waals surface area contributed by atoms with Crippen LogP contribution in [-0.2, 0) is 20.8 Å². The second kappa shape index (κ2) is 8.76. The van der Waals surface area contributed by atoms with Crippen LogP contribution in [0.2, 0.25) is 0 Å². The van der Waals surface area contributed by atoms with E-state index in [9.17, 15) is 4.79 Å². The molecule has 25 heavy (non-hydrogen) atoms. The van der Waals surface area contributed by atoms with E-state index in [4.69, 9.17) is 9.47 Å². The van der Waals surface area contributed by atoms with Gasteiger partial charge in [-0.3, -0.25) is 9.69 Å². The smallest absolute Gasteiger partial charge is 0.258 e. The standard InChI is InChI=1S/C20H24N2O3/c1-24-19(17-7-3-2-4-8-17)20(23)21-18-9-5-6-16(14-18)15-22-10-12-25-13-11-22/h2-9,14,19H,10-13,15H2,1H3,(H,21,23)/t19-/m0/s1. The molecule has 1 amide bonds. The highest BCUT2D eigenvalue weighted by Crippen LogP contribution is 2.20. The van der Waals surface area contributed by atoms with Crippen molar-refractivity contribution in [1.82, 2.24) is 4.90 Å². The molecule has 1 aliphatic heterocycles. The summed E-state index contributed by atoms with van der Waals surface area (Å²) >= 11 is 0. The predicted octanol–water partition coefficient (Wildman–Crippen LogP) is 2.85. The molecule has 1 saturated heterocycles. The Morgan fingerprint density at radius 1 is 1.16 bits per heavy atom. The number of hydrogen-bond acceptors (Lipinski definition) is 4. The largest absolute Gasteiger partial charge is 0.379 e. The summed E-state index contributed by atoms with van der Waals surface area (Å²) in [5.41, 5.74) is 2.80.